The van der Waals surface area contributed by atoms with Crippen LogP contribution in [0.2, 0.25) is 0 Å². The van der Waals surface area contributed by atoms with E-state index in [4.69, 9.17) is 4.74 Å². The van der Waals surface area contributed by atoms with Crippen LogP contribution in [0.1, 0.15) is 33.6 Å². The monoisotopic (exact) mass is 444 g/mol. The number of rotatable bonds is 4. The Balaban J connectivity index is 1.39. The molecule has 9 heteroatoms. The third kappa shape index (κ3) is 3.62. The Morgan fingerprint density at radius 3 is 2.43 bits per heavy atom. The highest BCUT2D eigenvalue weighted by atomic mass is 79.9. The standard InChI is InChI=1S/C19H17BrN4O4/c20-12-8-21-19(22-9-12)28-13-4-3-7-23(10-13)16(25)11-24-17(26)14-5-1-2-6-15(14)18(24)27/h1-2,5-6,8-9,13H,3-4,7,10-11H2. The van der Waals surface area contributed by atoms with Gasteiger partial charge in [-0.3, -0.25) is 19.3 Å². The number of amides is 3. The number of ether oxygens (including phenoxy) is 1. The number of nitrogens with zero attached hydrogens (tertiary/aromatic N) is 4. The molecule has 2 aliphatic heterocycles. The smallest absolute Gasteiger partial charge is 0.316 e. The minimum atomic E-state index is -0.429. The van der Waals surface area contributed by atoms with Gasteiger partial charge < -0.3 is 9.64 Å². The minimum absolute atomic E-state index is 0.235. The third-order valence-corrected chi connectivity index (χ3v) is 5.18. The van der Waals surface area contributed by atoms with E-state index in [1.54, 1.807) is 41.6 Å². The van der Waals surface area contributed by atoms with Gasteiger partial charge in [0.2, 0.25) is 5.91 Å². The van der Waals surface area contributed by atoms with E-state index in [0.717, 1.165) is 22.2 Å². The van der Waals surface area contributed by atoms with Crippen molar-refractivity contribution in [3.8, 4) is 6.01 Å². The van der Waals surface area contributed by atoms with Gasteiger partial charge in [0, 0.05) is 18.9 Å². The molecule has 2 aromatic rings. The Kier molecular flexibility index (Phi) is 5.08. The first-order valence-corrected chi connectivity index (χ1v) is 9.69. The van der Waals surface area contributed by atoms with Crippen molar-refractivity contribution in [2.24, 2.45) is 0 Å². The summed E-state index contributed by atoms with van der Waals surface area (Å²) in [6, 6.07) is 6.85. The number of fused-ring (bicyclic) bond motifs is 1. The Bertz CT molecular complexity index is 899. The third-order valence-electron chi connectivity index (χ3n) is 4.77. The van der Waals surface area contributed by atoms with Crippen LogP contribution >= 0.6 is 15.9 Å². The van der Waals surface area contributed by atoms with Crippen molar-refractivity contribution in [3.63, 3.8) is 0 Å². The topological polar surface area (TPSA) is 92.7 Å². The molecular formula is C19H17BrN4O4. The van der Waals surface area contributed by atoms with Gasteiger partial charge in [-0.1, -0.05) is 12.1 Å². The van der Waals surface area contributed by atoms with Crippen LogP contribution in [0.5, 0.6) is 6.01 Å². The quantitative estimate of drug-likeness (QED) is 0.668. The number of piperidine rings is 1. The van der Waals surface area contributed by atoms with Crippen molar-refractivity contribution in [3.05, 3.63) is 52.3 Å². The first-order valence-electron chi connectivity index (χ1n) is 8.90. The summed E-state index contributed by atoms with van der Waals surface area (Å²) in [7, 11) is 0. The van der Waals surface area contributed by atoms with E-state index < -0.39 is 11.8 Å². The molecule has 1 aromatic carbocycles. The van der Waals surface area contributed by atoms with E-state index in [9.17, 15) is 14.4 Å². The molecule has 1 aromatic heterocycles. The molecule has 8 nitrogen and oxygen atoms in total. The first kappa shape index (κ1) is 18.5. The maximum absolute atomic E-state index is 12.7. The molecule has 28 heavy (non-hydrogen) atoms. The molecule has 0 aliphatic carbocycles. The lowest BCUT2D eigenvalue weighted by Crippen LogP contribution is -2.49. The van der Waals surface area contributed by atoms with Gasteiger partial charge in [-0.15, -0.1) is 0 Å². The SMILES string of the molecule is O=C(CN1C(=O)c2ccccc2C1=O)N1CCCC(Oc2ncc(Br)cn2)C1. The summed E-state index contributed by atoms with van der Waals surface area (Å²) in [5.74, 6) is -1.14. The number of halogens is 1. The Morgan fingerprint density at radius 2 is 1.79 bits per heavy atom. The summed E-state index contributed by atoms with van der Waals surface area (Å²) < 4.78 is 6.52. The van der Waals surface area contributed by atoms with Crippen molar-refractivity contribution >= 4 is 33.7 Å². The lowest BCUT2D eigenvalue weighted by atomic mass is 10.1. The highest BCUT2D eigenvalue weighted by Gasteiger charge is 2.37. The molecule has 0 N–H and O–H groups in total. The zero-order valence-electron chi connectivity index (χ0n) is 14.9. The average molecular weight is 445 g/mol. The van der Waals surface area contributed by atoms with E-state index in [-0.39, 0.29) is 24.6 Å². The van der Waals surface area contributed by atoms with Gasteiger partial charge in [-0.05, 0) is 40.9 Å². The molecule has 0 saturated carbocycles. The van der Waals surface area contributed by atoms with Crippen LogP contribution in [0.25, 0.3) is 0 Å². The summed E-state index contributed by atoms with van der Waals surface area (Å²) in [6.07, 6.45) is 4.49. The van der Waals surface area contributed by atoms with Crippen LogP contribution in [0.15, 0.2) is 41.1 Å². The molecular weight excluding hydrogens is 428 g/mol. The second-order valence-electron chi connectivity index (χ2n) is 6.65. The number of likely N-dealkylation sites (tertiary alicyclic amines) is 1. The largest absolute Gasteiger partial charge is 0.458 e. The highest BCUT2D eigenvalue weighted by Crippen LogP contribution is 2.23. The normalized spacial score (nSPS) is 19.0. The van der Waals surface area contributed by atoms with Crippen LogP contribution in [0.3, 0.4) is 0 Å². The fourth-order valence-electron chi connectivity index (χ4n) is 3.39. The number of carbonyl (C=O) groups is 3. The number of imide groups is 1. The zero-order valence-corrected chi connectivity index (χ0v) is 16.5. The maximum atomic E-state index is 12.7. The van der Waals surface area contributed by atoms with Gasteiger partial charge in [0.15, 0.2) is 0 Å². The van der Waals surface area contributed by atoms with E-state index in [0.29, 0.717) is 24.2 Å². The first-order chi connectivity index (χ1) is 13.5. The number of carbonyl (C=O) groups excluding carboxylic acids is 3. The van der Waals surface area contributed by atoms with Crippen molar-refractivity contribution < 1.29 is 19.1 Å². The van der Waals surface area contributed by atoms with Crippen molar-refractivity contribution in [1.29, 1.82) is 0 Å². The zero-order chi connectivity index (χ0) is 19.7. The molecule has 3 amide bonds. The Labute approximate surface area is 169 Å². The summed E-state index contributed by atoms with van der Waals surface area (Å²) in [5.41, 5.74) is 0.681. The van der Waals surface area contributed by atoms with Crippen molar-refractivity contribution in [2.45, 2.75) is 18.9 Å². The van der Waals surface area contributed by atoms with Crippen LogP contribution in [0.4, 0.5) is 0 Å². The lowest BCUT2D eigenvalue weighted by molar-refractivity contribution is -0.134. The maximum Gasteiger partial charge on any atom is 0.316 e. The number of hydrogen-bond donors (Lipinski definition) is 0. The number of hydrogen-bond acceptors (Lipinski definition) is 6. The van der Waals surface area contributed by atoms with E-state index in [1.165, 1.54) is 0 Å². The molecule has 2 aliphatic rings. The molecule has 3 heterocycles. The average Bonchev–Trinajstić information content (AvgIpc) is 2.95. The molecule has 1 atom stereocenters. The molecule has 0 radical (unpaired) electrons. The van der Waals surface area contributed by atoms with Crippen LogP contribution in [0, 0.1) is 0 Å². The second-order valence-corrected chi connectivity index (χ2v) is 7.56. The predicted molar refractivity (Wildman–Crippen MR) is 102 cm³/mol. The van der Waals surface area contributed by atoms with Crippen LogP contribution in [-0.2, 0) is 4.79 Å². The van der Waals surface area contributed by atoms with Gasteiger partial charge in [-0.25, -0.2) is 9.97 Å². The van der Waals surface area contributed by atoms with E-state index in [2.05, 4.69) is 25.9 Å². The van der Waals surface area contributed by atoms with Gasteiger partial charge in [-0.2, -0.15) is 0 Å². The molecule has 1 unspecified atom stereocenters. The molecule has 1 saturated heterocycles. The van der Waals surface area contributed by atoms with Crippen molar-refractivity contribution in [2.75, 3.05) is 19.6 Å². The van der Waals surface area contributed by atoms with Crippen molar-refractivity contribution in [1.82, 2.24) is 19.8 Å². The van der Waals surface area contributed by atoms with Gasteiger partial charge in [0.05, 0.1) is 22.1 Å². The molecule has 1 fully saturated rings. The number of aromatic nitrogens is 2. The van der Waals surface area contributed by atoms with E-state index in [1.807, 2.05) is 0 Å². The van der Waals surface area contributed by atoms with Crippen LogP contribution in [-0.4, -0.2) is 63.2 Å². The van der Waals surface area contributed by atoms with Gasteiger partial charge in [0.1, 0.15) is 12.6 Å². The fraction of sp³-hybridized carbons (Fsp3) is 0.316. The molecule has 144 valence electrons. The number of benzene rings is 1. The summed E-state index contributed by atoms with van der Waals surface area (Å²) in [6.45, 7) is 0.651. The minimum Gasteiger partial charge on any atom is -0.458 e. The second kappa shape index (κ2) is 7.67. The molecule has 0 spiro atoms. The van der Waals surface area contributed by atoms with Crippen LogP contribution < -0.4 is 4.74 Å². The Hall–Kier alpha value is -2.81. The predicted octanol–water partition coefficient (Wildman–Crippen LogP) is 1.91. The summed E-state index contributed by atoms with van der Waals surface area (Å²) in [4.78, 5) is 48.4. The van der Waals surface area contributed by atoms with Gasteiger partial charge >= 0.3 is 6.01 Å². The molecule has 0 bridgehead atoms. The van der Waals surface area contributed by atoms with Gasteiger partial charge in [0.25, 0.3) is 11.8 Å². The Morgan fingerprint density at radius 1 is 1.14 bits per heavy atom. The highest BCUT2D eigenvalue weighted by molar-refractivity contribution is 9.10. The summed E-state index contributed by atoms with van der Waals surface area (Å²) >= 11 is 3.27. The fourth-order valence-corrected chi connectivity index (χ4v) is 3.59. The summed E-state index contributed by atoms with van der Waals surface area (Å²) in [5, 5.41) is 0. The lowest BCUT2D eigenvalue weighted by Gasteiger charge is -2.33. The van der Waals surface area contributed by atoms with E-state index >= 15 is 0 Å². The molecule has 4 rings (SSSR count).